The van der Waals surface area contributed by atoms with E-state index in [-0.39, 0.29) is 28.7 Å². The summed E-state index contributed by atoms with van der Waals surface area (Å²) in [4.78, 5) is 25.7. The molecule has 3 N–H and O–H groups in total. The summed E-state index contributed by atoms with van der Waals surface area (Å²) in [6.07, 6.45) is 3.33. The van der Waals surface area contributed by atoms with Crippen LogP contribution >= 0.6 is 0 Å². The highest BCUT2D eigenvalue weighted by atomic mass is 32.2. The molecule has 0 saturated heterocycles. The number of sulfonamides is 1. The zero-order valence-electron chi connectivity index (χ0n) is 20.8. The molecular weight excluding hydrogens is 492 g/mol. The Hall–Kier alpha value is -3.54. The molecule has 2 heterocycles. The number of aromatic nitrogens is 2. The third kappa shape index (κ3) is 4.03. The first-order valence-corrected chi connectivity index (χ1v) is 13.6. The fourth-order valence-electron chi connectivity index (χ4n) is 5.65. The van der Waals surface area contributed by atoms with Gasteiger partial charge >= 0.3 is 0 Å². The number of benzene rings is 2. The van der Waals surface area contributed by atoms with Gasteiger partial charge < -0.3 is 20.2 Å². The monoisotopic (exact) mass is 520 g/mol. The van der Waals surface area contributed by atoms with E-state index >= 15 is 0 Å². The Morgan fingerprint density at radius 2 is 1.84 bits per heavy atom. The lowest BCUT2D eigenvalue weighted by Gasteiger charge is -2.32. The lowest BCUT2D eigenvalue weighted by atomic mass is 9.80. The van der Waals surface area contributed by atoms with Crippen molar-refractivity contribution >= 4 is 44.8 Å². The summed E-state index contributed by atoms with van der Waals surface area (Å²) >= 11 is 0. The molecule has 0 unspecified atom stereocenters. The van der Waals surface area contributed by atoms with Crippen LogP contribution in [0, 0.1) is 12.8 Å². The highest BCUT2D eigenvalue weighted by Crippen LogP contribution is 2.52. The predicted molar refractivity (Wildman–Crippen MR) is 140 cm³/mol. The first-order chi connectivity index (χ1) is 17.5. The van der Waals surface area contributed by atoms with Gasteiger partial charge in [0.15, 0.2) is 5.82 Å². The lowest BCUT2D eigenvalue weighted by Crippen LogP contribution is -2.38. The second-order valence-corrected chi connectivity index (χ2v) is 12.0. The summed E-state index contributed by atoms with van der Waals surface area (Å²) < 4.78 is 28.9. The van der Waals surface area contributed by atoms with Gasteiger partial charge in [0.2, 0.25) is 16.0 Å². The van der Waals surface area contributed by atoms with Gasteiger partial charge in [-0.2, -0.15) is 4.98 Å². The van der Waals surface area contributed by atoms with E-state index in [9.17, 15) is 18.3 Å². The average Bonchev–Trinajstić information content (AvgIpc) is 3.31. The highest BCUT2D eigenvalue weighted by molar-refractivity contribution is 7.89. The van der Waals surface area contributed by atoms with E-state index in [1.54, 1.807) is 25.4 Å². The van der Waals surface area contributed by atoms with Crippen LogP contribution < -0.4 is 19.8 Å². The van der Waals surface area contributed by atoms with Crippen LogP contribution in [0.5, 0.6) is 0 Å². The van der Waals surface area contributed by atoms with Crippen LogP contribution in [0.2, 0.25) is 0 Å². The van der Waals surface area contributed by atoms with Crippen molar-refractivity contribution in [1.82, 2.24) is 14.7 Å². The number of fused-ring (bicyclic) bond motifs is 3. The minimum absolute atomic E-state index is 0.120. The average molecular weight is 521 g/mol. The molecule has 0 radical (unpaired) electrons. The summed E-state index contributed by atoms with van der Waals surface area (Å²) in [5.74, 6) is 0.846. The van der Waals surface area contributed by atoms with E-state index in [1.165, 1.54) is 17.0 Å². The number of carbonyl (C=O) groups excluding carboxylic acids is 1. The topological polar surface area (TPSA) is 128 Å². The van der Waals surface area contributed by atoms with E-state index in [2.05, 4.69) is 20.0 Å². The van der Waals surface area contributed by atoms with E-state index < -0.39 is 15.6 Å². The second kappa shape index (κ2) is 8.23. The Morgan fingerprint density at radius 1 is 1.05 bits per heavy atom. The molecule has 3 fully saturated rings. The Bertz CT molecular complexity index is 1540. The number of amides is 1. The van der Waals surface area contributed by atoms with Gasteiger partial charge in [-0.25, -0.2) is 18.1 Å². The van der Waals surface area contributed by atoms with Crippen molar-refractivity contribution in [1.29, 1.82) is 0 Å². The smallest absolute Gasteiger partial charge is 0.260 e. The van der Waals surface area contributed by atoms with Crippen LogP contribution in [0.4, 0.5) is 28.8 Å². The largest absolute Gasteiger partial charge is 0.390 e. The van der Waals surface area contributed by atoms with Gasteiger partial charge in [-0.15, -0.1) is 0 Å². The number of aliphatic hydroxyl groups is 1. The molecule has 1 aromatic heterocycles. The van der Waals surface area contributed by atoms with Crippen LogP contribution in [-0.2, 0) is 10.0 Å². The van der Waals surface area contributed by atoms with E-state index in [0.717, 1.165) is 11.3 Å². The minimum atomic E-state index is -3.76. The van der Waals surface area contributed by atoms with E-state index in [0.29, 0.717) is 42.0 Å². The van der Waals surface area contributed by atoms with Gasteiger partial charge in [-0.05, 0) is 62.4 Å². The minimum Gasteiger partial charge on any atom is -0.390 e. The number of aryl methyl sites for hydroxylation is 1. The zero-order chi connectivity index (χ0) is 26.1. The third-order valence-electron chi connectivity index (χ3n) is 7.64. The predicted octanol–water partition coefficient (Wildman–Crippen LogP) is 3.08. The van der Waals surface area contributed by atoms with Gasteiger partial charge in [-0.1, -0.05) is 17.7 Å². The molecule has 4 aliphatic rings. The summed E-state index contributed by atoms with van der Waals surface area (Å²) in [5, 5.41) is 13.3. The maximum atomic E-state index is 13.1. The molecule has 10 nitrogen and oxygen atoms in total. The summed E-state index contributed by atoms with van der Waals surface area (Å²) in [6.45, 7) is 1.94. The molecule has 2 bridgehead atoms. The van der Waals surface area contributed by atoms with E-state index in [4.69, 9.17) is 0 Å². The standard InChI is InChI=1S/C26H28N6O4S/c1-15-7-8-21-19(9-15)24(33)32(3)22-14-27-25(29-23(22)31(21)2)28-17-5-4-6-18(10-17)37(35,36)30-20-13-26(34)11-16(20)12-26/h4-10,14,16,20,30,34H,11-13H2,1-3H3,(H,27,28,29)/t16?,20-,26?/m1/s1. The summed E-state index contributed by atoms with van der Waals surface area (Å²) in [5.41, 5.74) is 2.65. The van der Waals surface area contributed by atoms with Crippen molar-refractivity contribution in [3.8, 4) is 0 Å². The number of hydrogen-bond donors (Lipinski definition) is 3. The fourth-order valence-corrected chi connectivity index (χ4v) is 7.00. The van der Waals surface area contributed by atoms with Crippen LogP contribution in [0.1, 0.15) is 35.2 Å². The van der Waals surface area contributed by atoms with Crippen LogP contribution in [-0.4, -0.2) is 55.1 Å². The van der Waals surface area contributed by atoms with Gasteiger partial charge in [0.25, 0.3) is 5.91 Å². The molecule has 37 heavy (non-hydrogen) atoms. The maximum Gasteiger partial charge on any atom is 0.260 e. The number of hydrogen-bond acceptors (Lipinski definition) is 8. The van der Waals surface area contributed by atoms with Gasteiger partial charge in [0.1, 0.15) is 5.69 Å². The number of nitrogens with zero attached hydrogens (tertiary/aromatic N) is 4. The molecule has 11 heteroatoms. The Balaban J connectivity index is 1.27. The fraction of sp³-hybridized carbons (Fsp3) is 0.346. The number of carbonyl (C=O) groups is 1. The van der Waals surface area contributed by atoms with Crippen molar-refractivity contribution in [2.45, 2.75) is 42.7 Å². The van der Waals surface area contributed by atoms with E-state index in [1.807, 2.05) is 37.1 Å². The first-order valence-electron chi connectivity index (χ1n) is 12.1. The SMILES string of the molecule is Cc1ccc2c(c1)C(=O)N(C)c1cnc(Nc3cccc(S(=O)(=O)N[C@@H]4CC5(O)CC4C5)c3)nc1N2C. The molecular formula is C26H28N6O4S. The van der Waals surface area contributed by atoms with Crippen molar-refractivity contribution in [2.75, 3.05) is 29.2 Å². The molecule has 3 saturated carbocycles. The van der Waals surface area contributed by atoms with Crippen LogP contribution in [0.3, 0.4) is 0 Å². The van der Waals surface area contributed by atoms with Crippen LogP contribution in [0.25, 0.3) is 0 Å². The first kappa shape index (κ1) is 23.8. The molecule has 1 aliphatic heterocycles. The van der Waals surface area contributed by atoms with Crippen molar-refractivity contribution < 1.29 is 18.3 Å². The Labute approximate surface area is 215 Å². The van der Waals surface area contributed by atoms with Crippen molar-refractivity contribution in [3.05, 3.63) is 59.8 Å². The summed E-state index contributed by atoms with van der Waals surface area (Å²) in [6, 6.07) is 11.9. The Morgan fingerprint density at radius 3 is 2.57 bits per heavy atom. The molecule has 192 valence electrons. The molecule has 2 aromatic carbocycles. The quantitative estimate of drug-likeness (QED) is 0.468. The number of rotatable bonds is 5. The Kier molecular flexibility index (Phi) is 5.30. The van der Waals surface area contributed by atoms with Gasteiger partial charge in [0.05, 0.1) is 27.9 Å². The van der Waals surface area contributed by atoms with Crippen molar-refractivity contribution in [2.24, 2.45) is 5.92 Å². The molecule has 1 atom stereocenters. The highest BCUT2D eigenvalue weighted by Gasteiger charge is 2.55. The van der Waals surface area contributed by atoms with Crippen molar-refractivity contribution in [3.63, 3.8) is 0 Å². The summed E-state index contributed by atoms with van der Waals surface area (Å²) in [7, 11) is -0.226. The second-order valence-electron chi connectivity index (χ2n) is 10.3. The normalized spacial score (nSPS) is 24.3. The number of anilines is 5. The third-order valence-corrected chi connectivity index (χ3v) is 9.13. The zero-order valence-corrected chi connectivity index (χ0v) is 21.6. The number of nitrogens with one attached hydrogen (secondary N) is 2. The van der Waals surface area contributed by atoms with Gasteiger partial charge in [0, 0.05) is 25.8 Å². The maximum absolute atomic E-state index is 13.1. The van der Waals surface area contributed by atoms with Gasteiger partial charge in [-0.3, -0.25) is 4.79 Å². The lowest BCUT2D eigenvalue weighted by molar-refractivity contribution is -0.0206. The molecule has 3 aromatic rings. The molecule has 3 aliphatic carbocycles. The molecule has 0 spiro atoms. The van der Waals surface area contributed by atoms with Crippen LogP contribution in [0.15, 0.2) is 53.6 Å². The molecule has 1 amide bonds. The molecule has 7 rings (SSSR count).